The van der Waals surface area contributed by atoms with Gasteiger partial charge in [-0.2, -0.15) is 0 Å². The Balaban J connectivity index is 4.16. The number of ether oxygens (including phenoxy) is 2. The number of allylic oxidation sites excluding steroid dienone is 1. The molecule has 5 nitrogen and oxygen atoms in total. The summed E-state index contributed by atoms with van der Waals surface area (Å²) in [5, 5.41) is 0. The first kappa shape index (κ1) is 12.3. The average molecular weight is 199 g/mol. The summed E-state index contributed by atoms with van der Waals surface area (Å²) in [4.78, 5) is 25.2. The second kappa shape index (κ2) is 6.82. The van der Waals surface area contributed by atoms with Crippen molar-refractivity contribution in [3.63, 3.8) is 0 Å². The van der Waals surface area contributed by atoms with E-state index in [1.165, 1.54) is 13.2 Å². The zero-order chi connectivity index (χ0) is 11.0. The predicted octanol–water partition coefficient (Wildman–Crippen LogP) is 0.697. The monoisotopic (exact) mass is 199 g/mol. The summed E-state index contributed by atoms with van der Waals surface area (Å²) in [6.07, 6.45) is 2.19. The zero-order valence-electron chi connectivity index (χ0n) is 8.44. The highest BCUT2D eigenvalue weighted by Gasteiger charge is 1.96. The summed E-state index contributed by atoms with van der Waals surface area (Å²) in [5.74, 6) is -1.05. The Hall–Kier alpha value is -1.65. The lowest BCUT2D eigenvalue weighted by Crippen LogP contribution is -2.04. The molecule has 0 heterocycles. The Labute approximate surface area is 82.4 Å². The molecule has 5 heteroatoms. The zero-order valence-corrected chi connectivity index (χ0v) is 8.44. The molecule has 0 atom stereocenters. The van der Waals surface area contributed by atoms with Crippen LogP contribution < -0.4 is 0 Å². The van der Waals surface area contributed by atoms with Crippen molar-refractivity contribution in [3.8, 4) is 0 Å². The van der Waals surface area contributed by atoms with Gasteiger partial charge in [-0.1, -0.05) is 0 Å². The molecule has 0 fully saturated rings. The number of hydrogen-bond donors (Lipinski definition) is 0. The van der Waals surface area contributed by atoms with Gasteiger partial charge >= 0.3 is 11.9 Å². The number of hydrogen-bond acceptors (Lipinski definition) is 5. The molecule has 0 radical (unpaired) electrons. The van der Waals surface area contributed by atoms with E-state index >= 15 is 0 Å². The third-order valence-corrected chi connectivity index (χ3v) is 1.19. The minimum absolute atomic E-state index is 0.296. The Morgan fingerprint density at radius 3 is 2.50 bits per heavy atom. The third kappa shape index (κ3) is 5.93. The van der Waals surface area contributed by atoms with Crippen LogP contribution >= 0.6 is 0 Å². The minimum Gasteiger partial charge on any atom is -0.466 e. The van der Waals surface area contributed by atoms with E-state index in [1.54, 1.807) is 13.8 Å². The third-order valence-electron chi connectivity index (χ3n) is 1.19. The second-order valence-electron chi connectivity index (χ2n) is 2.32. The maximum atomic E-state index is 10.8. The molecule has 0 aliphatic heterocycles. The SMILES string of the molecule is CCOC(=O)C=N/C(C)=C/C(=O)OC. The lowest BCUT2D eigenvalue weighted by molar-refractivity contribution is -0.135. The second-order valence-corrected chi connectivity index (χ2v) is 2.32. The highest BCUT2D eigenvalue weighted by Crippen LogP contribution is 1.94. The molecule has 0 aliphatic rings. The largest absolute Gasteiger partial charge is 0.466 e. The van der Waals surface area contributed by atoms with E-state index in [0.717, 1.165) is 6.21 Å². The quantitative estimate of drug-likeness (QED) is 0.379. The Bertz CT molecular complexity index is 268. The summed E-state index contributed by atoms with van der Waals surface area (Å²) in [7, 11) is 1.27. The number of rotatable bonds is 4. The fraction of sp³-hybridized carbons (Fsp3) is 0.444. The standard InChI is InChI=1S/C9H13NO4/c1-4-14-9(12)6-10-7(2)5-8(11)13-3/h5-6H,4H2,1-3H3/b7-5+,10-6?. The first-order valence-corrected chi connectivity index (χ1v) is 4.07. The minimum atomic E-state index is -0.537. The van der Waals surface area contributed by atoms with Crippen LogP contribution in [0.5, 0.6) is 0 Å². The Morgan fingerprint density at radius 1 is 1.36 bits per heavy atom. The van der Waals surface area contributed by atoms with Crippen LogP contribution in [-0.4, -0.2) is 31.9 Å². The van der Waals surface area contributed by atoms with Crippen molar-refractivity contribution in [1.82, 2.24) is 0 Å². The number of methoxy groups -OCH3 is 1. The van der Waals surface area contributed by atoms with E-state index in [2.05, 4.69) is 14.5 Å². The van der Waals surface area contributed by atoms with Gasteiger partial charge in [0.2, 0.25) is 0 Å². The van der Waals surface area contributed by atoms with Crippen LogP contribution in [0, 0.1) is 0 Å². The molecule has 0 saturated heterocycles. The van der Waals surface area contributed by atoms with Crippen molar-refractivity contribution >= 4 is 18.2 Å². The molecule has 78 valence electrons. The molecule has 14 heavy (non-hydrogen) atoms. The van der Waals surface area contributed by atoms with Crippen LogP contribution in [-0.2, 0) is 19.1 Å². The van der Waals surface area contributed by atoms with Crippen molar-refractivity contribution in [2.24, 2.45) is 4.99 Å². The van der Waals surface area contributed by atoms with Gasteiger partial charge in [0.05, 0.1) is 13.7 Å². The molecular formula is C9H13NO4. The lowest BCUT2D eigenvalue weighted by atomic mass is 10.4. The molecule has 0 bridgehead atoms. The molecule has 0 N–H and O–H groups in total. The van der Waals surface area contributed by atoms with Crippen molar-refractivity contribution in [2.75, 3.05) is 13.7 Å². The lowest BCUT2D eigenvalue weighted by Gasteiger charge is -1.94. The van der Waals surface area contributed by atoms with Crippen LogP contribution in [0.15, 0.2) is 16.8 Å². The Kier molecular flexibility index (Phi) is 6.02. The predicted molar refractivity (Wildman–Crippen MR) is 50.9 cm³/mol. The van der Waals surface area contributed by atoms with Crippen LogP contribution in [0.2, 0.25) is 0 Å². The fourth-order valence-electron chi connectivity index (χ4n) is 0.601. The number of esters is 2. The highest BCUT2D eigenvalue weighted by molar-refractivity contribution is 6.23. The maximum Gasteiger partial charge on any atom is 0.349 e. The molecule has 0 aromatic heterocycles. The van der Waals surface area contributed by atoms with Crippen molar-refractivity contribution < 1.29 is 19.1 Å². The van der Waals surface area contributed by atoms with Crippen LogP contribution in [0.3, 0.4) is 0 Å². The average Bonchev–Trinajstić information content (AvgIpc) is 2.15. The first-order valence-electron chi connectivity index (χ1n) is 4.07. The normalized spacial score (nSPS) is 11.5. The van der Waals surface area contributed by atoms with Crippen molar-refractivity contribution in [1.29, 1.82) is 0 Å². The summed E-state index contributed by atoms with van der Waals surface area (Å²) in [6.45, 7) is 3.57. The van der Waals surface area contributed by atoms with E-state index in [9.17, 15) is 9.59 Å². The number of aliphatic imine (C=N–C) groups is 1. The summed E-state index contributed by atoms with van der Waals surface area (Å²) in [5.41, 5.74) is 0.380. The highest BCUT2D eigenvalue weighted by atomic mass is 16.5. The van der Waals surface area contributed by atoms with Gasteiger partial charge in [-0.05, 0) is 13.8 Å². The van der Waals surface area contributed by atoms with Crippen molar-refractivity contribution in [2.45, 2.75) is 13.8 Å². The summed E-state index contributed by atoms with van der Waals surface area (Å²) < 4.78 is 8.96. The smallest absolute Gasteiger partial charge is 0.349 e. The van der Waals surface area contributed by atoms with Gasteiger partial charge in [0, 0.05) is 11.8 Å². The number of nitrogens with zero attached hydrogens (tertiary/aromatic N) is 1. The van der Waals surface area contributed by atoms with Crippen LogP contribution in [0.1, 0.15) is 13.8 Å². The fourth-order valence-corrected chi connectivity index (χ4v) is 0.601. The van der Waals surface area contributed by atoms with E-state index < -0.39 is 11.9 Å². The van der Waals surface area contributed by atoms with Crippen LogP contribution in [0.4, 0.5) is 0 Å². The molecule has 0 aromatic carbocycles. The van der Waals surface area contributed by atoms with E-state index in [-0.39, 0.29) is 0 Å². The van der Waals surface area contributed by atoms with Gasteiger partial charge in [0.25, 0.3) is 0 Å². The van der Waals surface area contributed by atoms with E-state index in [1.807, 2.05) is 0 Å². The number of carbonyl (C=O) groups is 2. The van der Waals surface area contributed by atoms with Crippen molar-refractivity contribution in [3.05, 3.63) is 11.8 Å². The Morgan fingerprint density at radius 2 is 2.00 bits per heavy atom. The molecule has 0 amide bonds. The molecule has 0 saturated carbocycles. The summed E-state index contributed by atoms with van der Waals surface area (Å²) >= 11 is 0. The number of carbonyl (C=O) groups excluding carboxylic acids is 2. The molecule has 0 spiro atoms. The molecular weight excluding hydrogens is 186 g/mol. The van der Waals surface area contributed by atoms with Gasteiger partial charge in [-0.3, -0.25) is 4.99 Å². The summed E-state index contributed by atoms with van der Waals surface area (Å²) in [6, 6.07) is 0. The van der Waals surface area contributed by atoms with Gasteiger partial charge in [0.15, 0.2) is 0 Å². The molecule has 0 rings (SSSR count). The van der Waals surface area contributed by atoms with E-state index in [0.29, 0.717) is 12.3 Å². The maximum absolute atomic E-state index is 10.8. The first-order chi connectivity index (χ1) is 6.60. The molecule has 0 unspecified atom stereocenters. The van der Waals surface area contributed by atoms with Gasteiger partial charge in [-0.15, -0.1) is 0 Å². The topological polar surface area (TPSA) is 65.0 Å². The van der Waals surface area contributed by atoms with Gasteiger partial charge in [-0.25, -0.2) is 9.59 Å². The van der Waals surface area contributed by atoms with Gasteiger partial charge in [0.1, 0.15) is 6.21 Å². The van der Waals surface area contributed by atoms with Gasteiger partial charge < -0.3 is 9.47 Å². The molecule has 0 aromatic rings. The van der Waals surface area contributed by atoms with E-state index in [4.69, 9.17) is 0 Å². The molecule has 0 aliphatic carbocycles. The van der Waals surface area contributed by atoms with Crippen LogP contribution in [0.25, 0.3) is 0 Å².